The highest BCUT2D eigenvalue weighted by Gasteiger charge is 2.21. The standard InChI is InChI=1S/C17H23N3O2S/c1-6-7-20-16(22)18-19-17(20)23-13(5)15(21)14-9-11(3)10(2)8-12(14)4/h8-9,13H,6-7H2,1-5H3,(H,18,22)/t13-/m1/s1. The van der Waals surface area contributed by atoms with Crippen LogP contribution in [0.25, 0.3) is 0 Å². The van der Waals surface area contributed by atoms with Crippen LogP contribution in [0, 0.1) is 20.8 Å². The highest BCUT2D eigenvalue weighted by atomic mass is 32.2. The molecule has 0 aliphatic heterocycles. The zero-order valence-corrected chi connectivity index (χ0v) is 15.1. The van der Waals surface area contributed by atoms with Crippen LogP contribution < -0.4 is 5.69 Å². The van der Waals surface area contributed by atoms with E-state index >= 15 is 0 Å². The summed E-state index contributed by atoms with van der Waals surface area (Å²) >= 11 is 1.32. The number of hydrogen-bond donors (Lipinski definition) is 1. The van der Waals surface area contributed by atoms with Crippen molar-refractivity contribution < 1.29 is 4.79 Å². The van der Waals surface area contributed by atoms with Crippen molar-refractivity contribution in [1.29, 1.82) is 0 Å². The molecule has 0 aliphatic carbocycles. The first-order valence-electron chi connectivity index (χ1n) is 7.79. The van der Waals surface area contributed by atoms with Crippen LogP contribution in [0.1, 0.15) is 47.3 Å². The van der Waals surface area contributed by atoms with E-state index < -0.39 is 0 Å². The number of carbonyl (C=O) groups is 1. The molecule has 0 saturated heterocycles. The number of aromatic amines is 1. The molecule has 1 aromatic heterocycles. The van der Waals surface area contributed by atoms with E-state index in [4.69, 9.17) is 0 Å². The van der Waals surface area contributed by atoms with Crippen LogP contribution in [-0.4, -0.2) is 25.8 Å². The van der Waals surface area contributed by atoms with Crippen LogP contribution in [0.15, 0.2) is 22.1 Å². The fourth-order valence-corrected chi connectivity index (χ4v) is 3.42. The summed E-state index contributed by atoms with van der Waals surface area (Å²) in [6.45, 7) is 10.5. The molecule has 1 N–H and O–H groups in total. The third-order valence-corrected chi connectivity index (χ3v) is 5.02. The molecule has 0 fully saturated rings. The zero-order chi connectivity index (χ0) is 17.1. The van der Waals surface area contributed by atoms with Crippen LogP contribution >= 0.6 is 11.8 Å². The lowest BCUT2D eigenvalue weighted by molar-refractivity contribution is 0.0993. The monoisotopic (exact) mass is 333 g/mol. The Kier molecular flexibility index (Phi) is 5.46. The third kappa shape index (κ3) is 3.75. The molecule has 0 aliphatic rings. The Bertz CT molecular complexity index is 777. The van der Waals surface area contributed by atoms with E-state index in [2.05, 4.69) is 10.2 Å². The Morgan fingerprint density at radius 3 is 2.57 bits per heavy atom. The molecule has 0 unspecified atom stereocenters. The Labute approximate surface area is 140 Å². The number of nitrogens with one attached hydrogen (secondary N) is 1. The smallest absolute Gasteiger partial charge is 0.293 e. The number of Topliss-reactive ketones (excluding diaryl/α,β-unsaturated/α-hetero) is 1. The van der Waals surface area contributed by atoms with Gasteiger partial charge in [0.25, 0.3) is 0 Å². The van der Waals surface area contributed by atoms with Gasteiger partial charge in [-0.3, -0.25) is 9.36 Å². The summed E-state index contributed by atoms with van der Waals surface area (Å²) in [5, 5.41) is 6.76. The topological polar surface area (TPSA) is 67.8 Å². The number of thioether (sulfide) groups is 1. The molecular weight excluding hydrogens is 310 g/mol. The Hall–Kier alpha value is -1.82. The Balaban J connectivity index is 2.24. The predicted molar refractivity (Wildman–Crippen MR) is 93.4 cm³/mol. The number of H-pyrrole nitrogens is 1. The number of aromatic nitrogens is 3. The predicted octanol–water partition coefficient (Wildman–Crippen LogP) is 3.27. The summed E-state index contributed by atoms with van der Waals surface area (Å²) < 4.78 is 1.59. The summed E-state index contributed by atoms with van der Waals surface area (Å²) in [7, 11) is 0. The molecule has 1 atom stereocenters. The van der Waals surface area contributed by atoms with Crippen molar-refractivity contribution >= 4 is 17.5 Å². The molecule has 2 aromatic rings. The first-order chi connectivity index (χ1) is 10.8. The number of carbonyl (C=O) groups excluding carboxylic acids is 1. The van der Waals surface area contributed by atoms with E-state index in [1.165, 1.54) is 17.3 Å². The van der Waals surface area contributed by atoms with Gasteiger partial charge in [0, 0.05) is 12.1 Å². The fourth-order valence-electron chi connectivity index (χ4n) is 2.47. The zero-order valence-electron chi connectivity index (χ0n) is 14.3. The number of rotatable bonds is 6. The van der Waals surface area contributed by atoms with Gasteiger partial charge in [0.2, 0.25) is 0 Å². The second-order valence-corrected chi connectivity index (χ2v) is 7.15. The number of nitrogens with zero attached hydrogens (tertiary/aromatic N) is 2. The minimum absolute atomic E-state index is 0.0640. The summed E-state index contributed by atoms with van der Waals surface area (Å²) in [5.41, 5.74) is 3.80. The molecule has 6 heteroatoms. The molecule has 0 saturated carbocycles. The second kappa shape index (κ2) is 7.17. The van der Waals surface area contributed by atoms with Crippen LogP contribution in [0.2, 0.25) is 0 Å². The number of aryl methyl sites for hydroxylation is 3. The Morgan fingerprint density at radius 1 is 1.26 bits per heavy atom. The van der Waals surface area contributed by atoms with Gasteiger partial charge >= 0.3 is 5.69 Å². The van der Waals surface area contributed by atoms with Crippen molar-refractivity contribution in [3.8, 4) is 0 Å². The number of benzene rings is 1. The lowest BCUT2D eigenvalue weighted by atomic mass is 9.97. The van der Waals surface area contributed by atoms with Crippen molar-refractivity contribution in [2.75, 3.05) is 0 Å². The molecule has 1 heterocycles. The van der Waals surface area contributed by atoms with Gasteiger partial charge < -0.3 is 0 Å². The number of ketones is 1. The van der Waals surface area contributed by atoms with E-state index in [0.29, 0.717) is 11.7 Å². The largest absolute Gasteiger partial charge is 0.343 e. The summed E-state index contributed by atoms with van der Waals surface area (Å²) in [4.78, 5) is 24.5. The maximum Gasteiger partial charge on any atom is 0.343 e. The molecule has 0 bridgehead atoms. The normalized spacial score (nSPS) is 12.4. The van der Waals surface area contributed by atoms with Crippen molar-refractivity contribution in [1.82, 2.24) is 14.8 Å². The minimum atomic E-state index is -0.304. The van der Waals surface area contributed by atoms with Crippen molar-refractivity contribution in [3.05, 3.63) is 44.9 Å². The van der Waals surface area contributed by atoms with Crippen LogP contribution in [0.4, 0.5) is 0 Å². The molecule has 2 rings (SSSR count). The van der Waals surface area contributed by atoms with Crippen molar-refractivity contribution in [3.63, 3.8) is 0 Å². The van der Waals surface area contributed by atoms with Crippen LogP contribution in [0.5, 0.6) is 0 Å². The van der Waals surface area contributed by atoms with Gasteiger partial charge in [0.05, 0.1) is 5.25 Å². The van der Waals surface area contributed by atoms with Crippen molar-refractivity contribution in [2.24, 2.45) is 0 Å². The summed E-state index contributed by atoms with van der Waals surface area (Å²) in [6, 6.07) is 4.00. The van der Waals surface area contributed by atoms with E-state index in [-0.39, 0.29) is 16.7 Å². The van der Waals surface area contributed by atoms with Crippen LogP contribution in [-0.2, 0) is 6.54 Å². The lowest BCUT2D eigenvalue weighted by Gasteiger charge is -2.14. The van der Waals surface area contributed by atoms with E-state index in [1.54, 1.807) is 4.57 Å². The van der Waals surface area contributed by atoms with Gasteiger partial charge in [0.1, 0.15) is 0 Å². The molecule has 1 aromatic carbocycles. The molecular formula is C17H23N3O2S. The van der Waals surface area contributed by atoms with Gasteiger partial charge in [-0.1, -0.05) is 24.8 Å². The molecule has 0 spiro atoms. The maximum absolute atomic E-state index is 12.8. The average Bonchev–Trinajstić information content (AvgIpc) is 2.83. The SMILES string of the molecule is CCCn1c(S[C@H](C)C(=O)c2cc(C)c(C)cc2C)n[nH]c1=O. The van der Waals surface area contributed by atoms with E-state index in [0.717, 1.165) is 23.1 Å². The fraction of sp³-hybridized carbons (Fsp3) is 0.471. The Morgan fingerprint density at radius 2 is 1.91 bits per heavy atom. The maximum atomic E-state index is 12.8. The molecule has 0 amide bonds. The van der Waals surface area contributed by atoms with E-state index in [9.17, 15) is 9.59 Å². The quantitative estimate of drug-likeness (QED) is 0.651. The van der Waals surface area contributed by atoms with Gasteiger partial charge in [-0.15, -0.1) is 5.10 Å². The second-order valence-electron chi connectivity index (χ2n) is 5.84. The summed E-state index contributed by atoms with van der Waals surface area (Å²) in [6.07, 6.45) is 0.839. The third-order valence-electron chi connectivity index (χ3n) is 3.93. The van der Waals surface area contributed by atoms with Gasteiger partial charge in [-0.2, -0.15) is 0 Å². The minimum Gasteiger partial charge on any atom is -0.293 e. The molecule has 23 heavy (non-hydrogen) atoms. The van der Waals surface area contributed by atoms with Crippen LogP contribution in [0.3, 0.4) is 0 Å². The number of hydrogen-bond acceptors (Lipinski definition) is 4. The lowest BCUT2D eigenvalue weighted by Crippen LogP contribution is -2.20. The van der Waals surface area contributed by atoms with Crippen molar-refractivity contribution in [2.45, 2.75) is 58.0 Å². The van der Waals surface area contributed by atoms with Gasteiger partial charge in [0.15, 0.2) is 10.9 Å². The van der Waals surface area contributed by atoms with Gasteiger partial charge in [-0.05, 0) is 56.9 Å². The molecule has 5 nitrogen and oxygen atoms in total. The molecule has 0 radical (unpaired) electrons. The summed E-state index contributed by atoms with van der Waals surface area (Å²) in [5.74, 6) is 0.0640. The average molecular weight is 333 g/mol. The van der Waals surface area contributed by atoms with Gasteiger partial charge in [-0.25, -0.2) is 9.89 Å². The highest BCUT2D eigenvalue weighted by molar-refractivity contribution is 8.00. The molecule has 124 valence electrons. The van der Waals surface area contributed by atoms with E-state index in [1.807, 2.05) is 46.8 Å². The highest BCUT2D eigenvalue weighted by Crippen LogP contribution is 2.25. The first kappa shape index (κ1) is 17.5. The first-order valence-corrected chi connectivity index (χ1v) is 8.67.